The van der Waals surface area contributed by atoms with Crippen molar-refractivity contribution < 1.29 is 25.2 Å². The van der Waals surface area contributed by atoms with Gasteiger partial charge in [0.2, 0.25) is 6.41 Å². The predicted octanol–water partition coefficient (Wildman–Crippen LogP) is -3.19. The molecule has 0 aromatic heterocycles. The molecule has 6 nitrogen and oxygen atoms in total. The number of hydrogen-bond acceptors (Lipinski definition) is 5. The standard InChI is InChI=1S/C6H13NO5/c8-2-5(11)6(12)4(10)1-7-3-9/h3-6,8,10-12H,1-2H2,(H,7,9)/t4-,5-,6-/m1/s1. The Kier molecular flexibility index (Phi) is 5.56. The molecule has 0 heterocycles. The van der Waals surface area contributed by atoms with Crippen LogP contribution in [0.4, 0.5) is 0 Å². The van der Waals surface area contributed by atoms with Crippen LogP contribution >= 0.6 is 0 Å². The number of carbonyl (C=O) groups is 1. The number of aliphatic hydroxyl groups excluding tert-OH is 4. The molecule has 72 valence electrons. The van der Waals surface area contributed by atoms with Gasteiger partial charge in [0.1, 0.15) is 12.2 Å². The maximum absolute atomic E-state index is 9.76. The van der Waals surface area contributed by atoms with Crippen molar-refractivity contribution in [1.82, 2.24) is 5.32 Å². The smallest absolute Gasteiger partial charge is 0.207 e. The van der Waals surface area contributed by atoms with E-state index in [-0.39, 0.29) is 6.54 Å². The number of hydrogen-bond donors (Lipinski definition) is 5. The summed E-state index contributed by atoms with van der Waals surface area (Å²) in [5.74, 6) is 0. The molecule has 0 spiro atoms. The summed E-state index contributed by atoms with van der Waals surface area (Å²) < 4.78 is 0. The lowest BCUT2D eigenvalue weighted by Crippen LogP contribution is -2.44. The molecular weight excluding hydrogens is 166 g/mol. The second-order valence-corrected chi connectivity index (χ2v) is 2.33. The van der Waals surface area contributed by atoms with E-state index in [4.69, 9.17) is 20.4 Å². The summed E-state index contributed by atoms with van der Waals surface area (Å²) in [6.07, 6.45) is -3.77. The normalized spacial score (nSPS) is 18.0. The van der Waals surface area contributed by atoms with Crippen LogP contribution in [0, 0.1) is 0 Å². The van der Waals surface area contributed by atoms with Crippen LogP contribution in [0.5, 0.6) is 0 Å². The molecular formula is C6H13NO5. The first-order valence-corrected chi connectivity index (χ1v) is 3.45. The molecule has 0 saturated carbocycles. The monoisotopic (exact) mass is 179 g/mol. The molecule has 0 bridgehead atoms. The molecule has 0 unspecified atom stereocenters. The Hall–Kier alpha value is -0.690. The van der Waals surface area contributed by atoms with Gasteiger partial charge in [0.25, 0.3) is 0 Å². The van der Waals surface area contributed by atoms with Crippen molar-refractivity contribution in [1.29, 1.82) is 0 Å². The third kappa shape index (κ3) is 3.63. The highest BCUT2D eigenvalue weighted by molar-refractivity contribution is 5.45. The molecule has 6 heteroatoms. The Morgan fingerprint density at radius 2 is 1.83 bits per heavy atom. The van der Waals surface area contributed by atoms with Crippen LogP contribution < -0.4 is 5.32 Å². The fraction of sp³-hybridized carbons (Fsp3) is 0.833. The summed E-state index contributed by atoms with van der Waals surface area (Å²) in [7, 11) is 0. The Morgan fingerprint density at radius 1 is 1.25 bits per heavy atom. The molecule has 5 N–H and O–H groups in total. The molecule has 0 radical (unpaired) electrons. The van der Waals surface area contributed by atoms with Gasteiger partial charge in [-0.15, -0.1) is 0 Å². The van der Waals surface area contributed by atoms with E-state index < -0.39 is 24.9 Å². The van der Waals surface area contributed by atoms with E-state index >= 15 is 0 Å². The second-order valence-electron chi connectivity index (χ2n) is 2.33. The largest absolute Gasteiger partial charge is 0.394 e. The number of rotatable bonds is 6. The lowest BCUT2D eigenvalue weighted by Gasteiger charge is -2.20. The first kappa shape index (κ1) is 11.3. The lowest BCUT2D eigenvalue weighted by molar-refractivity contribution is -0.111. The fourth-order valence-electron chi connectivity index (χ4n) is 0.654. The van der Waals surface area contributed by atoms with E-state index in [2.05, 4.69) is 5.32 Å². The maximum atomic E-state index is 9.76. The zero-order valence-electron chi connectivity index (χ0n) is 6.42. The highest BCUT2D eigenvalue weighted by Gasteiger charge is 2.23. The number of nitrogens with one attached hydrogen (secondary N) is 1. The van der Waals surface area contributed by atoms with Gasteiger partial charge >= 0.3 is 0 Å². The number of aliphatic hydroxyl groups is 4. The van der Waals surface area contributed by atoms with Crippen LogP contribution in [0.1, 0.15) is 0 Å². The lowest BCUT2D eigenvalue weighted by atomic mass is 10.1. The van der Waals surface area contributed by atoms with Crippen molar-refractivity contribution in [3.8, 4) is 0 Å². The van der Waals surface area contributed by atoms with E-state index in [1.165, 1.54) is 0 Å². The molecule has 3 atom stereocenters. The Bertz CT molecular complexity index is 131. The highest BCUT2D eigenvalue weighted by atomic mass is 16.4. The quantitative estimate of drug-likeness (QED) is 0.276. The Balaban J connectivity index is 3.74. The molecule has 0 aromatic rings. The van der Waals surface area contributed by atoms with Crippen LogP contribution in [-0.4, -0.2) is 58.3 Å². The van der Waals surface area contributed by atoms with Crippen LogP contribution in [0.2, 0.25) is 0 Å². The van der Waals surface area contributed by atoms with Crippen molar-refractivity contribution in [3.05, 3.63) is 0 Å². The van der Waals surface area contributed by atoms with Crippen LogP contribution in [-0.2, 0) is 4.79 Å². The number of carbonyl (C=O) groups excluding carboxylic acids is 1. The first-order valence-electron chi connectivity index (χ1n) is 3.45. The molecule has 12 heavy (non-hydrogen) atoms. The van der Waals surface area contributed by atoms with E-state index in [0.29, 0.717) is 6.41 Å². The van der Waals surface area contributed by atoms with Gasteiger partial charge in [0, 0.05) is 6.54 Å². The third-order valence-corrected chi connectivity index (χ3v) is 1.39. The van der Waals surface area contributed by atoms with Crippen molar-refractivity contribution >= 4 is 6.41 Å². The Morgan fingerprint density at radius 3 is 2.25 bits per heavy atom. The van der Waals surface area contributed by atoms with E-state index in [1.807, 2.05) is 0 Å². The van der Waals surface area contributed by atoms with E-state index in [0.717, 1.165) is 0 Å². The summed E-state index contributed by atoms with van der Waals surface area (Å²) in [6.45, 7) is -0.805. The minimum absolute atomic E-state index is 0.165. The van der Waals surface area contributed by atoms with Gasteiger partial charge in [0.15, 0.2) is 0 Å². The second kappa shape index (κ2) is 5.90. The average Bonchev–Trinajstić information content (AvgIpc) is 2.11. The van der Waals surface area contributed by atoms with Gasteiger partial charge < -0.3 is 25.7 Å². The maximum Gasteiger partial charge on any atom is 0.207 e. The topological polar surface area (TPSA) is 110 Å². The highest BCUT2D eigenvalue weighted by Crippen LogP contribution is 1.98. The van der Waals surface area contributed by atoms with Crippen LogP contribution in [0.3, 0.4) is 0 Å². The zero-order valence-corrected chi connectivity index (χ0v) is 6.42. The number of amides is 1. The summed E-state index contributed by atoms with van der Waals surface area (Å²) in [6, 6.07) is 0. The molecule has 0 aliphatic carbocycles. The van der Waals surface area contributed by atoms with Crippen molar-refractivity contribution in [2.45, 2.75) is 18.3 Å². The van der Waals surface area contributed by atoms with Crippen molar-refractivity contribution in [2.24, 2.45) is 0 Å². The molecule has 0 aliphatic rings. The third-order valence-electron chi connectivity index (χ3n) is 1.39. The van der Waals surface area contributed by atoms with Gasteiger partial charge in [-0.3, -0.25) is 4.79 Å². The van der Waals surface area contributed by atoms with E-state index in [1.54, 1.807) is 0 Å². The first-order chi connectivity index (χ1) is 5.63. The van der Waals surface area contributed by atoms with E-state index in [9.17, 15) is 4.79 Å². The minimum atomic E-state index is -1.46. The fourth-order valence-corrected chi connectivity index (χ4v) is 0.654. The van der Waals surface area contributed by atoms with Gasteiger partial charge in [-0.1, -0.05) is 0 Å². The summed E-state index contributed by atoms with van der Waals surface area (Å²) in [5.41, 5.74) is 0. The molecule has 1 amide bonds. The van der Waals surface area contributed by atoms with Gasteiger partial charge in [-0.25, -0.2) is 0 Å². The average molecular weight is 179 g/mol. The van der Waals surface area contributed by atoms with Gasteiger partial charge in [-0.05, 0) is 0 Å². The SMILES string of the molecule is O=CNC[C@@H](O)[C@@H](O)[C@H](O)CO. The van der Waals surface area contributed by atoms with Gasteiger partial charge in [-0.2, -0.15) is 0 Å². The van der Waals surface area contributed by atoms with Crippen LogP contribution in [0.15, 0.2) is 0 Å². The van der Waals surface area contributed by atoms with Crippen LogP contribution in [0.25, 0.3) is 0 Å². The summed E-state index contributed by atoms with van der Waals surface area (Å²) in [5, 5.41) is 37.3. The Labute approximate surface area is 69.5 Å². The molecule has 0 aromatic carbocycles. The zero-order chi connectivity index (χ0) is 9.56. The van der Waals surface area contributed by atoms with Gasteiger partial charge in [0.05, 0.1) is 12.7 Å². The molecule has 0 saturated heterocycles. The minimum Gasteiger partial charge on any atom is -0.394 e. The summed E-state index contributed by atoms with van der Waals surface area (Å²) in [4.78, 5) is 9.76. The summed E-state index contributed by atoms with van der Waals surface area (Å²) >= 11 is 0. The molecule has 0 aliphatic heterocycles. The molecule has 0 rings (SSSR count). The van der Waals surface area contributed by atoms with Crippen molar-refractivity contribution in [2.75, 3.05) is 13.2 Å². The van der Waals surface area contributed by atoms with Crippen molar-refractivity contribution in [3.63, 3.8) is 0 Å². The molecule has 0 fully saturated rings. The predicted molar refractivity (Wildman–Crippen MR) is 39.2 cm³/mol.